The van der Waals surface area contributed by atoms with Crippen LogP contribution in [0.3, 0.4) is 0 Å². The van der Waals surface area contributed by atoms with Crippen molar-refractivity contribution in [1.82, 2.24) is 24.8 Å². The van der Waals surface area contributed by atoms with Crippen LogP contribution in [0.5, 0.6) is 0 Å². The first-order valence-corrected chi connectivity index (χ1v) is 10.6. The largest absolute Gasteiger partial charge is 0.368 e. The van der Waals surface area contributed by atoms with Gasteiger partial charge in [0.2, 0.25) is 11.9 Å². The molecule has 1 atom stereocenters. The number of ether oxygens (including phenoxy) is 1. The summed E-state index contributed by atoms with van der Waals surface area (Å²) in [5.74, 6) is 1.39. The highest BCUT2D eigenvalue weighted by Gasteiger charge is 2.30. The number of nitrogens with two attached hydrogens (primary N) is 1. The number of carbonyl (C=O) groups is 1. The first kappa shape index (κ1) is 20.5. The van der Waals surface area contributed by atoms with Crippen LogP contribution in [0.2, 0.25) is 0 Å². The van der Waals surface area contributed by atoms with E-state index in [1.54, 1.807) is 0 Å². The molecule has 0 aliphatic carbocycles. The minimum Gasteiger partial charge on any atom is -0.368 e. The van der Waals surface area contributed by atoms with Gasteiger partial charge >= 0.3 is 0 Å². The van der Waals surface area contributed by atoms with E-state index in [0.29, 0.717) is 38.0 Å². The fourth-order valence-electron chi connectivity index (χ4n) is 3.94. The van der Waals surface area contributed by atoms with Crippen molar-refractivity contribution in [3.63, 3.8) is 0 Å². The molecule has 2 aliphatic rings. The zero-order chi connectivity index (χ0) is 20.9. The zero-order valence-electron chi connectivity index (χ0n) is 17.4. The van der Waals surface area contributed by atoms with Crippen LogP contribution < -0.4 is 11.1 Å². The van der Waals surface area contributed by atoms with Gasteiger partial charge in [0.15, 0.2) is 0 Å². The summed E-state index contributed by atoms with van der Waals surface area (Å²) in [5.41, 5.74) is 8.09. The van der Waals surface area contributed by atoms with E-state index in [1.807, 2.05) is 23.1 Å². The average Bonchev–Trinajstić information content (AvgIpc) is 3.29. The highest BCUT2D eigenvalue weighted by molar-refractivity contribution is 5.81. The molecule has 2 fully saturated rings. The van der Waals surface area contributed by atoms with Gasteiger partial charge in [-0.15, -0.1) is 0 Å². The summed E-state index contributed by atoms with van der Waals surface area (Å²) in [6.07, 6.45) is 2.46. The molecule has 4 rings (SSSR count). The second-order valence-electron chi connectivity index (χ2n) is 7.67. The van der Waals surface area contributed by atoms with Crippen LogP contribution >= 0.6 is 0 Å². The summed E-state index contributed by atoms with van der Waals surface area (Å²) in [4.78, 5) is 29.7. The van der Waals surface area contributed by atoms with E-state index in [-0.39, 0.29) is 18.0 Å². The Labute approximate surface area is 176 Å². The molecule has 9 heteroatoms. The Morgan fingerprint density at radius 3 is 2.73 bits per heavy atom. The third-order valence-corrected chi connectivity index (χ3v) is 5.60. The predicted molar refractivity (Wildman–Crippen MR) is 114 cm³/mol. The Morgan fingerprint density at radius 2 is 2.00 bits per heavy atom. The van der Waals surface area contributed by atoms with Crippen LogP contribution in [0.25, 0.3) is 0 Å². The molecule has 1 unspecified atom stereocenters. The number of amides is 1. The highest BCUT2D eigenvalue weighted by Crippen LogP contribution is 2.20. The number of aryl methyl sites for hydroxylation is 1. The predicted octanol–water partition coefficient (Wildman–Crippen LogP) is 1.58. The van der Waals surface area contributed by atoms with Crippen LogP contribution in [0.4, 0.5) is 17.6 Å². The Morgan fingerprint density at radius 1 is 1.20 bits per heavy atom. The van der Waals surface area contributed by atoms with E-state index in [4.69, 9.17) is 10.5 Å². The Kier molecular flexibility index (Phi) is 6.39. The first-order valence-electron chi connectivity index (χ1n) is 10.6. The van der Waals surface area contributed by atoms with Crippen LogP contribution in [-0.4, -0.2) is 69.5 Å². The van der Waals surface area contributed by atoms with E-state index >= 15 is 0 Å². The number of aromatic nitrogens is 3. The number of hydrogen-bond donors (Lipinski definition) is 2. The van der Waals surface area contributed by atoms with Crippen molar-refractivity contribution in [1.29, 1.82) is 0 Å². The summed E-state index contributed by atoms with van der Waals surface area (Å²) in [6, 6.07) is 8.07. The molecule has 1 aromatic heterocycles. The normalized spacial score (nSPS) is 19.8. The summed E-state index contributed by atoms with van der Waals surface area (Å²) < 4.78 is 5.53. The molecule has 3 N–H and O–H groups in total. The maximum Gasteiger partial charge on any atom is 0.251 e. The maximum atomic E-state index is 12.5. The number of rotatable bonds is 6. The minimum atomic E-state index is -0.250. The van der Waals surface area contributed by atoms with Gasteiger partial charge in [-0.25, -0.2) is 0 Å². The fraction of sp³-hybridized carbons (Fsp3) is 0.524. The number of para-hydroxylation sites is 1. The molecule has 160 valence electrons. The summed E-state index contributed by atoms with van der Waals surface area (Å²) in [5, 5.41) is 3.27. The zero-order valence-corrected chi connectivity index (χ0v) is 17.4. The van der Waals surface area contributed by atoms with Gasteiger partial charge in [0.25, 0.3) is 5.91 Å². The molecule has 3 heterocycles. The summed E-state index contributed by atoms with van der Waals surface area (Å²) in [7, 11) is 0. The lowest BCUT2D eigenvalue weighted by Gasteiger charge is -2.35. The summed E-state index contributed by atoms with van der Waals surface area (Å²) in [6.45, 7) is 6.28. The van der Waals surface area contributed by atoms with Gasteiger partial charge in [-0.1, -0.05) is 25.1 Å². The highest BCUT2D eigenvalue weighted by atomic mass is 16.5. The number of anilines is 3. The first-order chi connectivity index (χ1) is 14.6. The van der Waals surface area contributed by atoms with Crippen molar-refractivity contribution in [2.45, 2.75) is 38.8 Å². The molecule has 1 aromatic carbocycles. The molecular weight excluding hydrogens is 382 g/mol. The third kappa shape index (κ3) is 4.85. The van der Waals surface area contributed by atoms with Crippen molar-refractivity contribution >= 4 is 23.5 Å². The molecule has 0 spiro atoms. The molecule has 9 nitrogen and oxygen atoms in total. The third-order valence-electron chi connectivity index (χ3n) is 5.60. The van der Waals surface area contributed by atoms with Crippen molar-refractivity contribution in [3.05, 3.63) is 35.7 Å². The molecule has 30 heavy (non-hydrogen) atoms. The van der Waals surface area contributed by atoms with Crippen molar-refractivity contribution in [3.8, 4) is 0 Å². The van der Waals surface area contributed by atoms with Gasteiger partial charge < -0.3 is 20.7 Å². The summed E-state index contributed by atoms with van der Waals surface area (Å²) >= 11 is 0. The number of carbonyl (C=O) groups excluding carboxylic acids is 1. The van der Waals surface area contributed by atoms with Crippen LogP contribution in [0.1, 0.15) is 31.2 Å². The van der Waals surface area contributed by atoms with E-state index in [9.17, 15) is 4.79 Å². The molecule has 2 saturated heterocycles. The Hall–Kier alpha value is -2.78. The van der Waals surface area contributed by atoms with Gasteiger partial charge in [0.05, 0.1) is 6.54 Å². The number of benzene rings is 1. The van der Waals surface area contributed by atoms with Crippen LogP contribution in [0.15, 0.2) is 24.3 Å². The molecule has 0 radical (unpaired) electrons. The lowest BCUT2D eigenvalue weighted by Crippen LogP contribution is -2.51. The monoisotopic (exact) mass is 411 g/mol. The van der Waals surface area contributed by atoms with Crippen molar-refractivity contribution in [2.75, 3.05) is 43.8 Å². The van der Waals surface area contributed by atoms with Gasteiger partial charge in [-0.05, 0) is 30.9 Å². The van der Waals surface area contributed by atoms with Gasteiger partial charge in [0, 0.05) is 38.5 Å². The van der Waals surface area contributed by atoms with E-state index < -0.39 is 0 Å². The lowest BCUT2D eigenvalue weighted by atomic mass is 10.1. The molecular formula is C21H29N7O2. The fourth-order valence-corrected chi connectivity index (χ4v) is 3.94. The molecule has 2 aromatic rings. The Bertz CT molecular complexity index is 877. The number of hydrogen-bond acceptors (Lipinski definition) is 8. The second kappa shape index (κ2) is 9.36. The molecule has 0 bridgehead atoms. The van der Waals surface area contributed by atoms with Gasteiger partial charge in [0.1, 0.15) is 11.9 Å². The number of nitrogens with one attached hydrogen (secondary N) is 1. The maximum absolute atomic E-state index is 12.5. The van der Waals surface area contributed by atoms with Crippen LogP contribution in [0, 0.1) is 0 Å². The number of piperazine rings is 1. The SMILES string of the molecule is CCc1ccccc1Nc1nc(N)nc(CN2CCN(C(=O)C3CCCO3)CC2)n1. The topological polar surface area (TPSA) is 110 Å². The van der Waals surface area contributed by atoms with E-state index in [1.165, 1.54) is 5.56 Å². The number of nitrogens with zero attached hydrogens (tertiary/aromatic N) is 5. The van der Waals surface area contributed by atoms with Crippen molar-refractivity contribution in [2.24, 2.45) is 0 Å². The molecule has 1 amide bonds. The van der Waals surface area contributed by atoms with E-state index in [2.05, 4.69) is 38.2 Å². The quantitative estimate of drug-likeness (QED) is 0.737. The van der Waals surface area contributed by atoms with Crippen LogP contribution in [-0.2, 0) is 22.5 Å². The second-order valence-corrected chi connectivity index (χ2v) is 7.67. The van der Waals surface area contributed by atoms with Crippen molar-refractivity contribution < 1.29 is 9.53 Å². The smallest absolute Gasteiger partial charge is 0.251 e. The van der Waals surface area contributed by atoms with E-state index in [0.717, 1.165) is 38.0 Å². The van der Waals surface area contributed by atoms with Gasteiger partial charge in [-0.2, -0.15) is 15.0 Å². The number of nitrogen functional groups attached to an aromatic ring is 1. The molecule has 2 aliphatic heterocycles. The Balaban J connectivity index is 1.36. The average molecular weight is 412 g/mol. The van der Waals surface area contributed by atoms with Gasteiger partial charge in [-0.3, -0.25) is 9.69 Å². The standard InChI is InChI=1S/C21H29N7O2/c1-2-15-6-3-4-7-16(15)23-21-25-18(24-20(22)26-21)14-27-9-11-28(12-10-27)19(29)17-8-5-13-30-17/h3-4,6-7,17H,2,5,8-14H2,1H3,(H3,22,23,24,25,26). The lowest BCUT2D eigenvalue weighted by molar-refractivity contribution is -0.142. The molecule has 0 saturated carbocycles. The minimum absolute atomic E-state index is 0.123.